The zero-order valence-electron chi connectivity index (χ0n) is 7.55. The molecule has 1 unspecified atom stereocenters. The Hall–Kier alpha value is -1.43. The minimum atomic E-state index is -0.308. The molecule has 0 saturated carbocycles. The van der Waals surface area contributed by atoms with Crippen molar-refractivity contribution < 1.29 is 9.59 Å². The number of nitrogens with one attached hydrogen (secondary N) is 3. The summed E-state index contributed by atoms with van der Waals surface area (Å²) in [6.45, 7) is 1.71. The smallest absolute Gasteiger partial charge is 0.245 e. The number of hydrogen-bond donors (Lipinski definition) is 3. The first-order valence-electron chi connectivity index (χ1n) is 3.93. The van der Waals surface area contributed by atoms with Crippen LogP contribution in [-0.2, 0) is 9.59 Å². The zero-order chi connectivity index (χ0) is 9.84. The van der Waals surface area contributed by atoms with E-state index in [2.05, 4.69) is 20.9 Å². The van der Waals surface area contributed by atoms with Crippen LogP contribution in [0.25, 0.3) is 0 Å². The molecule has 0 saturated heterocycles. The van der Waals surface area contributed by atoms with Crippen LogP contribution < -0.4 is 16.0 Å². The van der Waals surface area contributed by atoms with Crippen molar-refractivity contribution in [2.45, 2.75) is 13.0 Å². The van der Waals surface area contributed by atoms with E-state index in [1.54, 1.807) is 7.05 Å². The summed E-state index contributed by atoms with van der Waals surface area (Å²) in [5, 5.41) is 7.67. The number of nitrogens with zero attached hydrogens (tertiary/aromatic N) is 1. The Morgan fingerprint density at radius 2 is 2.38 bits per heavy atom. The second kappa shape index (κ2) is 3.99. The lowest BCUT2D eigenvalue weighted by atomic mass is 10.2. The fraction of sp³-hybridized carbons (Fsp3) is 0.571. The summed E-state index contributed by atoms with van der Waals surface area (Å²) in [6, 6.07) is -0.308. The van der Waals surface area contributed by atoms with E-state index in [0.717, 1.165) is 0 Å². The molecular weight excluding hydrogens is 172 g/mol. The maximum absolute atomic E-state index is 11.2. The second-order valence-electron chi connectivity index (χ2n) is 2.70. The van der Waals surface area contributed by atoms with E-state index in [1.165, 1.54) is 6.92 Å². The van der Waals surface area contributed by atoms with Crippen LogP contribution in [0.4, 0.5) is 0 Å². The highest BCUT2D eigenvalue weighted by Crippen LogP contribution is 1.91. The summed E-state index contributed by atoms with van der Waals surface area (Å²) in [6.07, 6.45) is 0. The number of likely N-dealkylation sites (N-methyl/N-ethyl adjacent to an activating group) is 1. The molecule has 0 radical (unpaired) electrons. The summed E-state index contributed by atoms with van der Waals surface area (Å²) >= 11 is 0. The Balaban J connectivity index is 2.58. The van der Waals surface area contributed by atoms with Crippen LogP contribution in [0, 0.1) is 0 Å². The number of hydrogen-bond acceptors (Lipinski definition) is 4. The van der Waals surface area contributed by atoms with Gasteiger partial charge in [0.1, 0.15) is 6.04 Å². The van der Waals surface area contributed by atoms with Crippen molar-refractivity contribution in [3.05, 3.63) is 0 Å². The minimum Gasteiger partial charge on any atom is -0.307 e. The molecule has 2 amide bonds. The van der Waals surface area contributed by atoms with Gasteiger partial charge in [0.15, 0.2) is 0 Å². The molecular formula is C7H12N4O2. The van der Waals surface area contributed by atoms with E-state index in [1.807, 2.05) is 0 Å². The molecule has 0 bridgehead atoms. The highest BCUT2D eigenvalue weighted by Gasteiger charge is 2.22. The van der Waals surface area contributed by atoms with Gasteiger partial charge in [-0.3, -0.25) is 25.2 Å². The van der Waals surface area contributed by atoms with Crippen molar-refractivity contribution in [1.29, 1.82) is 0 Å². The lowest BCUT2D eigenvalue weighted by Crippen LogP contribution is -2.55. The van der Waals surface area contributed by atoms with E-state index in [9.17, 15) is 9.59 Å². The predicted molar refractivity (Wildman–Crippen MR) is 47.1 cm³/mol. The summed E-state index contributed by atoms with van der Waals surface area (Å²) in [7, 11) is 1.68. The molecule has 1 aliphatic rings. The van der Waals surface area contributed by atoms with Crippen LogP contribution in [0.3, 0.4) is 0 Å². The molecule has 1 aliphatic heterocycles. The van der Waals surface area contributed by atoms with Crippen LogP contribution in [-0.4, -0.2) is 37.4 Å². The highest BCUT2D eigenvalue weighted by molar-refractivity contribution is 6.06. The molecule has 6 nitrogen and oxygen atoms in total. The summed E-state index contributed by atoms with van der Waals surface area (Å²) in [5.41, 5.74) is 0. The first-order valence-corrected chi connectivity index (χ1v) is 3.93. The van der Waals surface area contributed by atoms with Crippen LogP contribution in [0.5, 0.6) is 0 Å². The number of guanidine groups is 1. The lowest BCUT2D eigenvalue weighted by Gasteiger charge is -2.20. The Bertz CT molecular complexity index is 261. The van der Waals surface area contributed by atoms with E-state index in [4.69, 9.17) is 0 Å². The second-order valence-corrected chi connectivity index (χ2v) is 2.70. The van der Waals surface area contributed by atoms with E-state index < -0.39 is 0 Å². The van der Waals surface area contributed by atoms with Crippen molar-refractivity contribution in [2.24, 2.45) is 4.99 Å². The van der Waals surface area contributed by atoms with Crippen molar-refractivity contribution in [1.82, 2.24) is 16.0 Å². The molecule has 1 rings (SSSR count). The van der Waals surface area contributed by atoms with Gasteiger partial charge in [-0.2, -0.15) is 0 Å². The highest BCUT2D eigenvalue weighted by atomic mass is 16.2. The minimum absolute atomic E-state index is 0.179. The number of amides is 2. The van der Waals surface area contributed by atoms with E-state index >= 15 is 0 Å². The summed E-state index contributed by atoms with van der Waals surface area (Å²) in [4.78, 5) is 25.8. The molecule has 0 aromatic rings. The normalized spacial score (nSPS) is 21.8. The van der Waals surface area contributed by atoms with E-state index in [0.29, 0.717) is 6.54 Å². The third-order valence-corrected chi connectivity index (χ3v) is 1.63. The van der Waals surface area contributed by atoms with Gasteiger partial charge in [0.2, 0.25) is 17.8 Å². The number of rotatable bonds is 1. The fourth-order valence-electron chi connectivity index (χ4n) is 0.969. The summed E-state index contributed by atoms with van der Waals surface area (Å²) in [5.74, 6) is -0.202. The monoisotopic (exact) mass is 184 g/mol. The molecule has 0 spiro atoms. The quantitative estimate of drug-likeness (QED) is 0.449. The Labute approximate surface area is 75.8 Å². The number of carbonyl (C=O) groups is 2. The van der Waals surface area contributed by atoms with Gasteiger partial charge in [-0.25, -0.2) is 0 Å². The maximum Gasteiger partial charge on any atom is 0.245 e. The van der Waals surface area contributed by atoms with Crippen molar-refractivity contribution in [3.8, 4) is 0 Å². The Morgan fingerprint density at radius 1 is 1.69 bits per heavy atom. The van der Waals surface area contributed by atoms with Gasteiger partial charge >= 0.3 is 0 Å². The SMILES string of the molecule is CNC1CN=C(NC(C)=O)NC1=O. The molecule has 0 aromatic heterocycles. The molecule has 0 fully saturated rings. The van der Waals surface area contributed by atoms with Crippen molar-refractivity contribution in [2.75, 3.05) is 13.6 Å². The molecule has 13 heavy (non-hydrogen) atoms. The molecule has 72 valence electrons. The Morgan fingerprint density at radius 3 is 2.85 bits per heavy atom. The van der Waals surface area contributed by atoms with Crippen LogP contribution >= 0.6 is 0 Å². The molecule has 0 aromatic carbocycles. The van der Waals surface area contributed by atoms with Gasteiger partial charge in [0, 0.05) is 6.92 Å². The standard InChI is InChI=1S/C7H12N4O2/c1-4(12)10-7-9-3-5(8-2)6(13)11-7/h5,8H,3H2,1-2H3,(H2,9,10,11,12,13). The van der Waals surface area contributed by atoms with Gasteiger partial charge in [0.05, 0.1) is 6.54 Å². The van der Waals surface area contributed by atoms with Crippen molar-refractivity contribution >= 4 is 17.8 Å². The average molecular weight is 184 g/mol. The third-order valence-electron chi connectivity index (χ3n) is 1.63. The van der Waals surface area contributed by atoms with Crippen LogP contribution in [0.15, 0.2) is 4.99 Å². The van der Waals surface area contributed by atoms with Crippen LogP contribution in [0.1, 0.15) is 6.92 Å². The molecule has 0 aliphatic carbocycles. The molecule has 1 heterocycles. The Kier molecular flexibility index (Phi) is 2.97. The topological polar surface area (TPSA) is 82.6 Å². The van der Waals surface area contributed by atoms with Crippen molar-refractivity contribution in [3.63, 3.8) is 0 Å². The zero-order valence-corrected chi connectivity index (χ0v) is 7.55. The molecule has 3 N–H and O–H groups in total. The van der Waals surface area contributed by atoms with Gasteiger partial charge in [-0.05, 0) is 7.05 Å². The first-order chi connectivity index (χ1) is 6.13. The van der Waals surface area contributed by atoms with Gasteiger partial charge < -0.3 is 5.32 Å². The fourth-order valence-corrected chi connectivity index (χ4v) is 0.969. The first kappa shape index (κ1) is 9.66. The lowest BCUT2D eigenvalue weighted by molar-refractivity contribution is -0.121. The number of carbonyl (C=O) groups excluding carboxylic acids is 2. The van der Waals surface area contributed by atoms with Gasteiger partial charge in [-0.1, -0.05) is 0 Å². The summed E-state index contributed by atoms with van der Waals surface area (Å²) < 4.78 is 0. The molecule has 1 atom stereocenters. The largest absolute Gasteiger partial charge is 0.307 e. The number of aliphatic imine (C=N–C) groups is 1. The average Bonchev–Trinajstić information content (AvgIpc) is 2.03. The molecule has 6 heteroatoms. The predicted octanol–water partition coefficient (Wildman–Crippen LogP) is -1.80. The maximum atomic E-state index is 11.2. The third kappa shape index (κ3) is 2.51. The van der Waals surface area contributed by atoms with Gasteiger partial charge in [-0.15, -0.1) is 0 Å². The van der Waals surface area contributed by atoms with Crippen LogP contribution in [0.2, 0.25) is 0 Å². The van der Waals surface area contributed by atoms with E-state index in [-0.39, 0.29) is 23.8 Å². The van der Waals surface area contributed by atoms with Gasteiger partial charge in [0.25, 0.3) is 0 Å².